The van der Waals surface area contributed by atoms with Crippen molar-refractivity contribution in [2.45, 2.75) is 6.61 Å². The average molecular weight is 451 g/mol. The number of methoxy groups -OCH3 is 2. The first-order valence-electron chi connectivity index (χ1n) is 9.64. The van der Waals surface area contributed by atoms with Gasteiger partial charge in [-0.15, -0.1) is 0 Å². The lowest BCUT2D eigenvalue weighted by atomic mass is 10.1. The summed E-state index contributed by atoms with van der Waals surface area (Å²) in [4.78, 5) is 24.3. The molecule has 0 aliphatic carbocycles. The number of amides is 1. The van der Waals surface area contributed by atoms with Gasteiger partial charge in [0.2, 0.25) is 0 Å². The first-order chi connectivity index (χ1) is 15.9. The Kier molecular flexibility index (Phi) is 7.60. The van der Waals surface area contributed by atoms with Crippen molar-refractivity contribution in [3.63, 3.8) is 0 Å². The van der Waals surface area contributed by atoms with E-state index in [1.807, 2.05) is 0 Å². The Balaban J connectivity index is 1.75. The van der Waals surface area contributed by atoms with Crippen LogP contribution in [0.15, 0.2) is 66.7 Å². The summed E-state index contributed by atoms with van der Waals surface area (Å²) in [6.45, 7) is -3.01. The standard InChI is InChI=1S/C25H19F2NO5/c1-31-22-15-18(11-12-21(22)33-25(26)27)23(29)28-20-8-4-6-17(14-20)10-9-16-5-3-7-19(13-16)24(30)32-2/h3-8,11-15,25H,1-2H3,(H,28,29). The highest BCUT2D eigenvalue weighted by atomic mass is 19.3. The molecule has 1 amide bonds. The maximum Gasteiger partial charge on any atom is 0.387 e. The van der Waals surface area contributed by atoms with Crippen LogP contribution in [-0.4, -0.2) is 32.7 Å². The molecular formula is C25H19F2NO5. The van der Waals surface area contributed by atoms with Crippen LogP contribution in [0.5, 0.6) is 11.5 Å². The van der Waals surface area contributed by atoms with Crippen LogP contribution in [0.2, 0.25) is 0 Å². The van der Waals surface area contributed by atoms with Gasteiger partial charge in [-0.25, -0.2) is 4.79 Å². The number of carbonyl (C=O) groups is 2. The summed E-state index contributed by atoms with van der Waals surface area (Å²) in [7, 11) is 2.60. The number of esters is 1. The topological polar surface area (TPSA) is 73.9 Å². The third-order valence-corrected chi connectivity index (χ3v) is 4.40. The minimum absolute atomic E-state index is 0.0109. The van der Waals surface area contributed by atoms with Crippen molar-refractivity contribution in [3.05, 3.63) is 89.0 Å². The highest BCUT2D eigenvalue weighted by molar-refractivity contribution is 6.04. The molecule has 3 rings (SSSR count). The van der Waals surface area contributed by atoms with Gasteiger partial charge >= 0.3 is 12.6 Å². The Morgan fingerprint density at radius 2 is 1.55 bits per heavy atom. The van der Waals surface area contributed by atoms with E-state index >= 15 is 0 Å². The van der Waals surface area contributed by atoms with E-state index in [4.69, 9.17) is 9.47 Å². The number of hydrogen-bond acceptors (Lipinski definition) is 5. The third-order valence-electron chi connectivity index (χ3n) is 4.40. The first kappa shape index (κ1) is 23.3. The molecule has 8 heteroatoms. The lowest BCUT2D eigenvalue weighted by Gasteiger charge is -2.11. The van der Waals surface area contributed by atoms with Gasteiger partial charge in [-0.1, -0.05) is 24.0 Å². The highest BCUT2D eigenvalue weighted by Crippen LogP contribution is 2.29. The molecule has 0 atom stereocenters. The first-order valence-corrected chi connectivity index (χ1v) is 9.64. The Labute approximate surface area is 189 Å². The molecule has 0 saturated heterocycles. The van der Waals surface area contributed by atoms with E-state index < -0.39 is 18.5 Å². The zero-order valence-corrected chi connectivity index (χ0v) is 17.7. The van der Waals surface area contributed by atoms with Gasteiger partial charge in [0.25, 0.3) is 5.91 Å². The predicted octanol–water partition coefficient (Wildman–Crippen LogP) is 4.74. The summed E-state index contributed by atoms with van der Waals surface area (Å²) in [6, 6.07) is 17.5. The van der Waals surface area contributed by atoms with Crippen molar-refractivity contribution in [3.8, 4) is 23.3 Å². The third kappa shape index (κ3) is 6.31. The van der Waals surface area contributed by atoms with Crippen LogP contribution in [0.3, 0.4) is 0 Å². The number of rotatable bonds is 6. The Morgan fingerprint density at radius 1 is 0.848 bits per heavy atom. The summed E-state index contributed by atoms with van der Waals surface area (Å²) < 4.78 is 39.0. The van der Waals surface area contributed by atoms with Crippen LogP contribution in [0.1, 0.15) is 31.8 Å². The Bertz CT molecular complexity index is 1230. The van der Waals surface area contributed by atoms with Crippen molar-refractivity contribution < 1.29 is 32.6 Å². The second-order valence-electron chi connectivity index (χ2n) is 6.60. The minimum atomic E-state index is -3.01. The maximum absolute atomic E-state index is 12.6. The summed E-state index contributed by atoms with van der Waals surface area (Å²) >= 11 is 0. The number of nitrogens with one attached hydrogen (secondary N) is 1. The van der Waals surface area contributed by atoms with Gasteiger partial charge in [0.05, 0.1) is 19.8 Å². The fraction of sp³-hybridized carbons (Fsp3) is 0.120. The van der Waals surface area contributed by atoms with Gasteiger partial charge in [0, 0.05) is 22.4 Å². The monoisotopic (exact) mass is 451 g/mol. The normalized spacial score (nSPS) is 10.1. The predicted molar refractivity (Wildman–Crippen MR) is 118 cm³/mol. The van der Waals surface area contributed by atoms with E-state index in [0.29, 0.717) is 22.4 Å². The molecule has 0 aliphatic heterocycles. The molecule has 33 heavy (non-hydrogen) atoms. The smallest absolute Gasteiger partial charge is 0.387 e. The van der Waals surface area contributed by atoms with E-state index in [1.165, 1.54) is 32.4 Å². The van der Waals surface area contributed by atoms with Crippen molar-refractivity contribution >= 4 is 17.6 Å². The summed E-state index contributed by atoms with van der Waals surface area (Å²) in [5.74, 6) is 4.88. The lowest BCUT2D eigenvalue weighted by Crippen LogP contribution is -2.12. The molecule has 0 radical (unpaired) electrons. The van der Waals surface area contributed by atoms with Crippen LogP contribution >= 0.6 is 0 Å². The number of carbonyl (C=O) groups excluding carboxylic acids is 2. The zero-order chi connectivity index (χ0) is 23.8. The molecule has 0 saturated carbocycles. The van der Waals surface area contributed by atoms with Gasteiger partial charge in [-0.2, -0.15) is 8.78 Å². The molecule has 3 aromatic rings. The largest absolute Gasteiger partial charge is 0.493 e. The second kappa shape index (κ2) is 10.8. The number of benzene rings is 3. The van der Waals surface area contributed by atoms with Crippen molar-refractivity contribution in [2.75, 3.05) is 19.5 Å². The van der Waals surface area contributed by atoms with Crippen LogP contribution in [0.25, 0.3) is 0 Å². The zero-order valence-electron chi connectivity index (χ0n) is 17.7. The molecule has 1 N–H and O–H groups in total. The van der Waals surface area contributed by atoms with E-state index in [9.17, 15) is 18.4 Å². The van der Waals surface area contributed by atoms with Crippen LogP contribution in [0, 0.1) is 11.8 Å². The van der Waals surface area contributed by atoms with Crippen molar-refractivity contribution in [1.82, 2.24) is 0 Å². The summed E-state index contributed by atoms with van der Waals surface area (Å²) in [5, 5.41) is 2.73. The highest BCUT2D eigenvalue weighted by Gasteiger charge is 2.14. The molecule has 0 spiro atoms. The average Bonchev–Trinajstić information content (AvgIpc) is 2.82. The van der Waals surface area contributed by atoms with E-state index in [0.717, 1.165) is 0 Å². The molecule has 0 heterocycles. The van der Waals surface area contributed by atoms with E-state index in [2.05, 4.69) is 21.9 Å². The fourth-order valence-corrected chi connectivity index (χ4v) is 2.87. The summed E-state index contributed by atoms with van der Waals surface area (Å²) in [5.41, 5.74) is 2.34. The molecule has 168 valence electrons. The Morgan fingerprint density at radius 3 is 2.21 bits per heavy atom. The van der Waals surface area contributed by atoms with Gasteiger partial charge in [0.15, 0.2) is 11.5 Å². The molecule has 0 aromatic heterocycles. The maximum atomic E-state index is 12.6. The van der Waals surface area contributed by atoms with Crippen LogP contribution in [-0.2, 0) is 4.74 Å². The minimum Gasteiger partial charge on any atom is -0.493 e. The fourth-order valence-electron chi connectivity index (χ4n) is 2.87. The van der Waals surface area contributed by atoms with Crippen molar-refractivity contribution in [1.29, 1.82) is 0 Å². The molecule has 6 nitrogen and oxygen atoms in total. The Hall–Kier alpha value is -4.38. The van der Waals surface area contributed by atoms with Crippen LogP contribution < -0.4 is 14.8 Å². The second-order valence-corrected chi connectivity index (χ2v) is 6.60. The summed E-state index contributed by atoms with van der Waals surface area (Å²) in [6.07, 6.45) is 0. The molecule has 0 fully saturated rings. The van der Waals surface area contributed by atoms with E-state index in [-0.39, 0.29) is 17.1 Å². The number of anilines is 1. The quantitative estimate of drug-likeness (QED) is 0.433. The molecular weight excluding hydrogens is 432 g/mol. The van der Waals surface area contributed by atoms with Gasteiger partial charge in [-0.3, -0.25) is 4.79 Å². The molecule has 0 unspecified atom stereocenters. The number of ether oxygens (including phenoxy) is 3. The molecule has 0 bridgehead atoms. The van der Waals surface area contributed by atoms with Gasteiger partial charge in [-0.05, 0) is 54.6 Å². The van der Waals surface area contributed by atoms with Gasteiger partial charge in [0.1, 0.15) is 0 Å². The van der Waals surface area contributed by atoms with E-state index in [1.54, 1.807) is 48.5 Å². The van der Waals surface area contributed by atoms with Gasteiger partial charge < -0.3 is 19.5 Å². The number of halogens is 2. The van der Waals surface area contributed by atoms with Crippen LogP contribution in [0.4, 0.5) is 14.5 Å². The number of hydrogen-bond donors (Lipinski definition) is 1. The number of alkyl halides is 2. The van der Waals surface area contributed by atoms with Crippen molar-refractivity contribution in [2.24, 2.45) is 0 Å². The lowest BCUT2D eigenvalue weighted by molar-refractivity contribution is -0.0512. The SMILES string of the molecule is COC(=O)c1cccc(C#Cc2cccc(NC(=O)c3ccc(OC(F)F)c(OC)c3)c2)c1. The molecule has 3 aromatic carbocycles. The molecule has 0 aliphatic rings.